The molecule has 5 nitrogen and oxygen atoms in total. The molecule has 0 aliphatic heterocycles. The average molecular weight is 358 g/mol. The normalized spacial score (nSPS) is 10.1. The Labute approximate surface area is 133 Å². The van der Waals surface area contributed by atoms with Crippen molar-refractivity contribution in [2.24, 2.45) is 0 Å². The predicted octanol–water partition coefficient (Wildman–Crippen LogP) is 2.55. The molecule has 1 amide bonds. The van der Waals surface area contributed by atoms with Gasteiger partial charge in [-0.1, -0.05) is 6.07 Å². The fourth-order valence-electron chi connectivity index (χ4n) is 1.59. The third-order valence-corrected chi connectivity index (χ3v) is 3.44. The molecule has 0 heterocycles. The molecule has 0 spiro atoms. The Morgan fingerprint density at radius 3 is 2.67 bits per heavy atom. The van der Waals surface area contributed by atoms with Crippen molar-refractivity contribution in [3.05, 3.63) is 28.2 Å². The summed E-state index contributed by atoms with van der Waals surface area (Å²) < 4.78 is 11.1. The van der Waals surface area contributed by atoms with Crippen LogP contribution in [0.4, 0.5) is 0 Å². The smallest absolute Gasteiger partial charge is 0.307 e. The van der Waals surface area contributed by atoms with Crippen LogP contribution in [0, 0.1) is 6.92 Å². The predicted molar refractivity (Wildman–Crippen MR) is 83.3 cm³/mol. The van der Waals surface area contributed by atoms with E-state index < -0.39 is 0 Å². The first kappa shape index (κ1) is 17.5. The van der Waals surface area contributed by atoms with Crippen LogP contribution in [0.5, 0.6) is 5.75 Å². The summed E-state index contributed by atoms with van der Waals surface area (Å²) in [5, 5.41) is 0. The number of carbonyl (C=O) groups excluding carboxylic acids is 2. The number of aryl methyl sites for hydroxylation is 1. The van der Waals surface area contributed by atoms with E-state index in [1.54, 1.807) is 14.0 Å². The highest BCUT2D eigenvalue weighted by Gasteiger charge is 2.12. The lowest BCUT2D eigenvalue weighted by Crippen LogP contribution is -2.33. The van der Waals surface area contributed by atoms with Gasteiger partial charge in [0.05, 0.1) is 17.5 Å². The number of carbonyl (C=O) groups is 2. The zero-order chi connectivity index (χ0) is 15.8. The van der Waals surface area contributed by atoms with Gasteiger partial charge >= 0.3 is 5.97 Å². The molecule has 0 aromatic heterocycles. The Morgan fingerprint density at radius 1 is 1.33 bits per heavy atom. The van der Waals surface area contributed by atoms with Crippen molar-refractivity contribution in [2.75, 3.05) is 26.8 Å². The van der Waals surface area contributed by atoms with Crippen LogP contribution < -0.4 is 4.74 Å². The summed E-state index contributed by atoms with van der Waals surface area (Å²) >= 11 is 3.39. The van der Waals surface area contributed by atoms with E-state index >= 15 is 0 Å². The van der Waals surface area contributed by atoms with Gasteiger partial charge in [-0.05, 0) is 47.5 Å². The zero-order valence-corrected chi connectivity index (χ0v) is 14.1. The minimum atomic E-state index is -0.306. The fraction of sp³-hybridized carbons (Fsp3) is 0.467. The standard InChI is InChI=1S/C15H20BrNO4/c1-4-20-15(19)7-8-17(3)14(18)10-21-13-6-5-11(2)9-12(13)16/h5-6,9H,4,7-8,10H2,1-3H3. The van der Waals surface area contributed by atoms with Crippen molar-refractivity contribution in [1.82, 2.24) is 4.90 Å². The molecule has 0 atom stereocenters. The van der Waals surface area contributed by atoms with Gasteiger partial charge < -0.3 is 14.4 Å². The van der Waals surface area contributed by atoms with E-state index in [4.69, 9.17) is 9.47 Å². The van der Waals surface area contributed by atoms with Crippen LogP contribution in [0.2, 0.25) is 0 Å². The molecule has 0 saturated carbocycles. The zero-order valence-electron chi connectivity index (χ0n) is 12.5. The highest BCUT2D eigenvalue weighted by atomic mass is 79.9. The minimum absolute atomic E-state index is 0.0685. The van der Waals surface area contributed by atoms with Gasteiger partial charge in [0, 0.05) is 13.6 Å². The van der Waals surface area contributed by atoms with Crippen LogP contribution in [-0.2, 0) is 14.3 Å². The van der Waals surface area contributed by atoms with Gasteiger partial charge in [-0.3, -0.25) is 9.59 Å². The maximum atomic E-state index is 11.9. The lowest BCUT2D eigenvalue weighted by molar-refractivity contribution is -0.144. The van der Waals surface area contributed by atoms with Crippen LogP contribution >= 0.6 is 15.9 Å². The number of nitrogens with zero attached hydrogens (tertiary/aromatic N) is 1. The first-order valence-electron chi connectivity index (χ1n) is 6.72. The van der Waals surface area contributed by atoms with Crippen molar-refractivity contribution in [3.63, 3.8) is 0 Å². The van der Waals surface area contributed by atoms with Crippen molar-refractivity contribution in [2.45, 2.75) is 20.3 Å². The number of ether oxygens (including phenoxy) is 2. The summed E-state index contributed by atoms with van der Waals surface area (Å²) in [6, 6.07) is 5.64. The molecular weight excluding hydrogens is 338 g/mol. The highest BCUT2D eigenvalue weighted by molar-refractivity contribution is 9.10. The molecule has 1 aromatic rings. The Hall–Kier alpha value is -1.56. The van der Waals surface area contributed by atoms with E-state index in [0.29, 0.717) is 18.9 Å². The van der Waals surface area contributed by atoms with E-state index in [2.05, 4.69) is 15.9 Å². The largest absolute Gasteiger partial charge is 0.483 e. The first-order chi connectivity index (χ1) is 9.93. The minimum Gasteiger partial charge on any atom is -0.483 e. The molecule has 0 unspecified atom stereocenters. The van der Waals surface area contributed by atoms with Crippen molar-refractivity contribution < 1.29 is 19.1 Å². The molecule has 1 aromatic carbocycles. The van der Waals surface area contributed by atoms with Gasteiger partial charge in [-0.2, -0.15) is 0 Å². The molecule has 0 bridgehead atoms. The lowest BCUT2D eigenvalue weighted by atomic mass is 10.2. The second-order valence-corrected chi connectivity index (χ2v) is 5.45. The molecule has 21 heavy (non-hydrogen) atoms. The summed E-state index contributed by atoms with van der Waals surface area (Å²) in [6.45, 7) is 4.32. The van der Waals surface area contributed by atoms with Gasteiger partial charge in [0.2, 0.25) is 0 Å². The maximum Gasteiger partial charge on any atom is 0.307 e. The van der Waals surface area contributed by atoms with Gasteiger partial charge in [0.25, 0.3) is 5.91 Å². The van der Waals surface area contributed by atoms with E-state index in [1.807, 2.05) is 25.1 Å². The Balaban J connectivity index is 2.40. The van der Waals surface area contributed by atoms with Gasteiger partial charge in [0.1, 0.15) is 5.75 Å². The molecule has 1 rings (SSSR count). The van der Waals surface area contributed by atoms with Crippen LogP contribution in [0.15, 0.2) is 22.7 Å². The SMILES string of the molecule is CCOC(=O)CCN(C)C(=O)COc1ccc(C)cc1Br. The molecule has 0 aliphatic rings. The molecule has 0 fully saturated rings. The number of benzene rings is 1. The van der Waals surface area contributed by atoms with Crippen LogP contribution in [0.3, 0.4) is 0 Å². The number of likely N-dealkylation sites (N-methyl/N-ethyl adjacent to an activating group) is 1. The second kappa shape index (κ2) is 8.67. The number of hydrogen-bond donors (Lipinski definition) is 0. The summed E-state index contributed by atoms with van der Waals surface area (Å²) in [6.07, 6.45) is 0.185. The number of halogens is 1. The van der Waals surface area contributed by atoms with Gasteiger partial charge in [0.15, 0.2) is 6.61 Å². The van der Waals surface area contributed by atoms with Gasteiger partial charge in [-0.15, -0.1) is 0 Å². The lowest BCUT2D eigenvalue weighted by Gasteiger charge is -2.17. The van der Waals surface area contributed by atoms with Crippen molar-refractivity contribution >= 4 is 27.8 Å². The molecule has 0 N–H and O–H groups in total. The molecule has 116 valence electrons. The monoisotopic (exact) mass is 357 g/mol. The van der Waals surface area contributed by atoms with Crippen molar-refractivity contribution in [3.8, 4) is 5.75 Å². The summed E-state index contributed by atoms with van der Waals surface area (Å²) in [5.41, 5.74) is 1.10. The average Bonchev–Trinajstić information content (AvgIpc) is 2.43. The van der Waals surface area contributed by atoms with E-state index in [0.717, 1.165) is 10.0 Å². The maximum absolute atomic E-state index is 11.9. The number of rotatable bonds is 7. The van der Waals surface area contributed by atoms with Crippen LogP contribution in [-0.4, -0.2) is 43.6 Å². The highest BCUT2D eigenvalue weighted by Crippen LogP contribution is 2.25. The molecule has 6 heteroatoms. The molecule has 0 saturated heterocycles. The fourth-order valence-corrected chi connectivity index (χ4v) is 2.20. The van der Waals surface area contributed by atoms with Gasteiger partial charge in [-0.25, -0.2) is 0 Å². The van der Waals surface area contributed by atoms with E-state index in [9.17, 15) is 9.59 Å². The molecular formula is C15H20BrNO4. The summed E-state index contributed by atoms with van der Waals surface area (Å²) in [4.78, 5) is 24.6. The summed E-state index contributed by atoms with van der Waals surface area (Å²) in [7, 11) is 1.63. The first-order valence-corrected chi connectivity index (χ1v) is 7.52. The van der Waals surface area contributed by atoms with Crippen LogP contribution in [0.1, 0.15) is 18.9 Å². The molecule has 0 radical (unpaired) electrons. The topological polar surface area (TPSA) is 55.8 Å². The number of esters is 1. The quantitative estimate of drug-likeness (QED) is 0.703. The Morgan fingerprint density at radius 2 is 2.05 bits per heavy atom. The third kappa shape index (κ3) is 6.16. The number of amides is 1. The van der Waals surface area contributed by atoms with E-state index in [1.165, 1.54) is 4.90 Å². The summed E-state index contributed by atoms with van der Waals surface area (Å²) in [5.74, 6) is 0.124. The van der Waals surface area contributed by atoms with E-state index in [-0.39, 0.29) is 24.9 Å². The van der Waals surface area contributed by atoms with Crippen LogP contribution in [0.25, 0.3) is 0 Å². The Kier molecular flexibility index (Phi) is 7.22. The second-order valence-electron chi connectivity index (χ2n) is 4.59. The number of hydrogen-bond acceptors (Lipinski definition) is 4. The molecule has 0 aliphatic carbocycles. The third-order valence-electron chi connectivity index (χ3n) is 2.82. The Bertz CT molecular complexity index is 504. The van der Waals surface area contributed by atoms with Crippen molar-refractivity contribution in [1.29, 1.82) is 0 Å².